The second kappa shape index (κ2) is 25.9. The predicted octanol–water partition coefficient (Wildman–Crippen LogP) is 3.38. The van der Waals surface area contributed by atoms with Crippen LogP contribution in [-0.2, 0) is 50.9 Å². The molecule has 0 aliphatic carbocycles. The summed E-state index contributed by atoms with van der Waals surface area (Å²) in [5.41, 5.74) is 10.3. The largest absolute Gasteiger partial charge is 0.469 e. The minimum absolute atomic E-state index is 0.00743. The number of hydrogen-bond donors (Lipinski definition) is 10. The number of allylic oxidation sites excluding steroid dienone is 1. The van der Waals surface area contributed by atoms with Crippen molar-refractivity contribution in [3.05, 3.63) is 75.4 Å². The number of aromatic amines is 2. The molecule has 0 radical (unpaired) electrons. The normalized spacial score (nSPS) is 26.9. The SMILES string of the molecule is C=Cc1c(C)c2cc3nc(c(CC(=O)OC)c4nc(cc5[nH]c(cc1[nH]2)c(C)c5CC)C(C)=C4C(=O)SCCCO[C@@H]1O[C@H](CO)[C@@H](O)[C@H](O)[C@H]1O)[C@@H](CCC(=O)SCCCO[C@@H]1O[C@H](CO)[C@@H](O)[C@H](O)[C@H]1O)[C@@H]3C. The summed E-state index contributed by atoms with van der Waals surface area (Å²) in [6.45, 7) is 12.9. The smallest absolute Gasteiger partial charge is 0.310 e. The molecular formula is C53H70N4O16S2. The first-order chi connectivity index (χ1) is 35.9. The molecule has 4 aliphatic heterocycles. The lowest BCUT2D eigenvalue weighted by Crippen LogP contribution is -2.59. The van der Waals surface area contributed by atoms with E-state index in [0.717, 1.165) is 67.8 Å². The summed E-state index contributed by atoms with van der Waals surface area (Å²) in [7, 11) is 1.28. The minimum Gasteiger partial charge on any atom is -0.469 e. The lowest BCUT2D eigenvalue weighted by molar-refractivity contribution is -0.300. The number of ether oxygens (including phenoxy) is 5. The second-order valence-electron chi connectivity index (χ2n) is 19.2. The van der Waals surface area contributed by atoms with Crippen molar-refractivity contribution in [3.63, 3.8) is 0 Å². The number of fused-ring (bicyclic) bond motifs is 8. The van der Waals surface area contributed by atoms with E-state index < -0.39 is 86.5 Å². The minimum atomic E-state index is -1.60. The highest BCUT2D eigenvalue weighted by molar-refractivity contribution is 8.14. The third-order valence-corrected chi connectivity index (χ3v) is 16.5. The Morgan fingerprint density at radius 3 is 1.92 bits per heavy atom. The molecule has 0 amide bonds. The molecule has 4 aliphatic rings. The van der Waals surface area contributed by atoms with Gasteiger partial charge in [0.15, 0.2) is 17.7 Å². The Balaban J connectivity index is 1.24. The molecule has 0 spiro atoms. The monoisotopic (exact) mass is 1080 g/mol. The molecule has 0 aromatic carbocycles. The van der Waals surface area contributed by atoms with Crippen LogP contribution in [0.25, 0.3) is 39.3 Å². The molecule has 75 heavy (non-hydrogen) atoms. The van der Waals surface area contributed by atoms with E-state index in [9.17, 15) is 55.2 Å². The number of nitrogens with one attached hydrogen (secondary N) is 2. The standard InChI is InChI=1S/C53H70N4O16S2/c1-8-28-24(3)32-19-34-26(5)30(12-13-41(61)74-16-10-14-70-52-49(66)47(64)45(62)38(22-58)72-52)43(56-34)31(18-40(60)69-7)44-42(51(68)75-17-11-15-71-53-50(67)48(65)46(63)39(23-59)73-53)27(6)35(57-44)21-37-29(9-2)25(4)33(55-37)20-36(28)54-32/h8,19-21,26,30,38-39,45-50,52-55,58-59,62-67H,1,9-18,22-23H2,2-7H3/t26-,30-,38+,39+,45+,46+,47-,48-,49+,50+,52+,53+/m0/s1. The van der Waals surface area contributed by atoms with Crippen LogP contribution < -0.4 is 0 Å². The van der Waals surface area contributed by atoms with E-state index in [4.69, 9.17) is 33.7 Å². The lowest BCUT2D eigenvalue weighted by atomic mass is 9.84. The zero-order valence-corrected chi connectivity index (χ0v) is 44.6. The molecular weight excluding hydrogens is 1010 g/mol. The summed E-state index contributed by atoms with van der Waals surface area (Å²) in [6.07, 6.45) is -10.9. The van der Waals surface area contributed by atoms with Gasteiger partial charge in [0.1, 0.15) is 48.8 Å². The number of aromatic nitrogens is 4. The van der Waals surface area contributed by atoms with Gasteiger partial charge in [0.25, 0.3) is 0 Å². The number of aliphatic hydroxyl groups excluding tert-OH is 8. The zero-order chi connectivity index (χ0) is 54.4. The van der Waals surface area contributed by atoms with Gasteiger partial charge >= 0.3 is 5.97 Å². The van der Waals surface area contributed by atoms with E-state index in [1.165, 1.54) is 7.11 Å². The van der Waals surface area contributed by atoms with Gasteiger partial charge < -0.3 is 74.5 Å². The Morgan fingerprint density at radius 1 is 0.760 bits per heavy atom. The first kappa shape index (κ1) is 58.3. The van der Waals surface area contributed by atoms with E-state index >= 15 is 0 Å². The van der Waals surface area contributed by atoms with Crippen LogP contribution in [0.4, 0.5) is 0 Å². The van der Waals surface area contributed by atoms with Gasteiger partial charge in [-0.15, -0.1) is 0 Å². The van der Waals surface area contributed by atoms with Gasteiger partial charge in [0, 0.05) is 68.6 Å². The van der Waals surface area contributed by atoms with Crippen molar-refractivity contribution in [1.29, 1.82) is 0 Å². The van der Waals surface area contributed by atoms with Crippen LogP contribution in [-0.4, -0.2) is 183 Å². The van der Waals surface area contributed by atoms with Crippen LogP contribution in [0.5, 0.6) is 0 Å². The maximum atomic E-state index is 14.7. The number of nitrogens with zero attached hydrogens (tertiary/aromatic N) is 2. The van der Waals surface area contributed by atoms with Gasteiger partial charge in [-0.05, 0) is 86.9 Å². The molecule has 2 saturated heterocycles. The molecule has 7 rings (SSSR count). The van der Waals surface area contributed by atoms with Crippen molar-refractivity contribution in [2.24, 2.45) is 0 Å². The lowest BCUT2D eigenvalue weighted by Gasteiger charge is -2.39. The molecule has 7 heterocycles. The van der Waals surface area contributed by atoms with Gasteiger partial charge in [0.2, 0.25) is 5.12 Å². The molecule has 22 heteroatoms. The highest BCUT2D eigenvalue weighted by atomic mass is 32.2. The maximum absolute atomic E-state index is 14.7. The summed E-state index contributed by atoms with van der Waals surface area (Å²) < 4.78 is 27.5. The summed E-state index contributed by atoms with van der Waals surface area (Å²) >= 11 is 2.10. The number of methoxy groups -OCH3 is 1. The number of thioether (sulfide) groups is 2. The first-order valence-corrected chi connectivity index (χ1v) is 27.2. The van der Waals surface area contributed by atoms with Crippen LogP contribution in [0.3, 0.4) is 0 Å². The predicted molar refractivity (Wildman–Crippen MR) is 282 cm³/mol. The molecule has 0 saturated carbocycles. The maximum Gasteiger partial charge on any atom is 0.310 e. The van der Waals surface area contributed by atoms with Crippen molar-refractivity contribution >= 4 is 79.0 Å². The van der Waals surface area contributed by atoms with E-state index in [2.05, 4.69) is 29.5 Å². The van der Waals surface area contributed by atoms with Gasteiger partial charge in [0.05, 0.1) is 62.6 Å². The Hall–Kier alpha value is -4.37. The van der Waals surface area contributed by atoms with Crippen molar-refractivity contribution in [2.45, 2.75) is 146 Å². The van der Waals surface area contributed by atoms with Crippen molar-refractivity contribution < 1.29 is 78.9 Å². The number of carbonyl (C=O) groups excluding carboxylic acids is 3. The van der Waals surface area contributed by atoms with E-state index in [1.54, 1.807) is 0 Å². The fourth-order valence-electron chi connectivity index (χ4n) is 10.00. The van der Waals surface area contributed by atoms with Gasteiger partial charge in [-0.1, -0.05) is 50.0 Å². The fourth-order valence-corrected chi connectivity index (χ4v) is 11.6. The van der Waals surface area contributed by atoms with Crippen LogP contribution in [0, 0.1) is 13.8 Å². The van der Waals surface area contributed by atoms with Gasteiger partial charge in [-0.3, -0.25) is 19.4 Å². The summed E-state index contributed by atoms with van der Waals surface area (Å²) in [5.74, 6) is -0.752. The molecule has 10 N–H and O–H groups in total. The van der Waals surface area contributed by atoms with E-state index in [-0.39, 0.29) is 65.6 Å². The quantitative estimate of drug-likeness (QED) is 0.0573. The third-order valence-electron chi connectivity index (χ3n) is 14.5. The number of carbonyl (C=O) groups is 3. The summed E-state index contributed by atoms with van der Waals surface area (Å²) in [6, 6.07) is 5.93. The molecule has 8 bridgehead atoms. The highest BCUT2D eigenvalue weighted by Crippen LogP contribution is 2.45. The number of aliphatic hydroxyl groups is 8. The van der Waals surface area contributed by atoms with Crippen LogP contribution in [0.15, 0.2) is 24.8 Å². The number of H-pyrrole nitrogens is 2. The van der Waals surface area contributed by atoms with Gasteiger partial charge in [-0.2, -0.15) is 0 Å². The average molecular weight is 1080 g/mol. The van der Waals surface area contributed by atoms with Crippen molar-refractivity contribution in [3.8, 4) is 0 Å². The van der Waals surface area contributed by atoms with Gasteiger partial charge in [-0.25, -0.2) is 4.98 Å². The molecule has 20 nitrogen and oxygen atoms in total. The number of aryl methyl sites for hydroxylation is 3. The van der Waals surface area contributed by atoms with Crippen LogP contribution in [0.1, 0.15) is 109 Å². The highest BCUT2D eigenvalue weighted by Gasteiger charge is 2.45. The van der Waals surface area contributed by atoms with Crippen molar-refractivity contribution in [2.75, 3.05) is 45.0 Å². The van der Waals surface area contributed by atoms with E-state index in [0.29, 0.717) is 53.2 Å². The number of hydrogen-bond acceptors (Lipinski definition) is 20. The topological polar surface area (TPSA) is 317 Å². The number of rotatable bonds is 20. The van der Waals surface area contributed by atoms with E-state index in [1.807, 2.05) is 45.9 Å². The number of esters is 1. The Bertz CT molecular complexity index is 2780. The molecule has 3 aromatic heterocycles. The molecule has 3 aromatic rings. The third kappa shape index (κ3) is 12.7. The summed E-state index contributed by atoms with van der Waals surface area (Å²) in [4.78, 5) is 59.7. The second-order valence-corrected chi connectivity index (χ2v) is 21.4. The molecule has 2 fully saturated rings. The molecule has 0 unspecified atom stereocenters. The fraction of sp³-hybridized carbons (Fsp3) is 0.566. The molecule has 410 valence electrons. The first-order valence-electron chi connectivity index (χ1n) is 25.2. The Morgan fingerprint density at radius 2 is 1.35 bits per heavy atom. The Labute approximate surface area is 442 Å². The average Bonchev–Trinajstić information content (AvgIpc) is 4.09. The van der Waals surface area contributed by atoms with Crippen LogP contribution >= 0.6 is 23.5 Å². The summed E-state index contributed by atoms with van der Waals surface area (Å²) in [5, 5.41) is 80.1. The Kier molecular flexibility index (Phi) is 20.1. The van der Waals surface area contributed by atoms with Crippen LogP contribution in [0.2, 0.25) is 0 Å². The van der Waals surface area contributed by atoms with Crippen molar-refractivity contribution in [1.82, 2.24) is 19.9 Å². The molecule has 12 atom stereocenters. The zero-order valence-electron chi connectivity index (χ0n) is 43.0.